The molecule has 1 fully saturated rings. The van der Waals surface area contributed by atoms with Gasteiger partial charge in [0.1, 0.15) is 5.78 Å². The first-order valence-electron chi connectivity index (χ1n) is 7.99. The average Bonchev–Trinajstić information content (AvgIpc) is 2.47. The van der Waals surface area contributed by atoms with Gasteiger partial charge in [-0.3, -0.25) is 4.79 Å². The van der Waals surface area contributed by atoms with Gasteiger partial charge in [0.15, 0.2) is 0 Å². The number of carbonyl (C=O) groups is 1. The molecule has 0 unspecified atom stereocenters. The number of hydrogen-bond donors (Lipinski definition) is 0. The smallest absolute Gasteiger partial charge is 0.144 e. The maximum Gasteiger partial charge on any atom is 0.144 e. The van der Waals surface area contributed by atoms with Gasteiger partial charge in [-0.2, -0.15) is 0 Å². The van der Waals surface area contributed by atoms with Crippen molar-refractivity contribution in [2.45, 2.75) is 39.5 Å². The van der Waals surface area contributed by atoms with Crippen molar-refractivity contribution in [3.8, 4) is 0 Å². The third-order valence-electron chi connectivity index (χ3n) is 4.50. The molecule has 1 atom stereocenters. The largest absolute Gasteiger partial charge is 0.302 e. The Morgan fingerprint density at radius 3 is 2.33 bits per heavy atom. The van der Waals surface area contributed by atoms with Crippen molar-refractivity contribution >= 4 is 17.4 Å². The molecule has 0 spiro atoms. The molecular formula is C18H26ClNO. The van der Waals surface area contributed by atoms with Gasteiger partial charge in [0.2, 0.25) is 0 Å². The Morgan fingerprint density at radius 1 is 1.24 bits per heavy atom. The second-order valence-electron chi connectivity index (χ2n) is 6.64. The van der Waals surface area contributed by atoms with Gasteiger partial charge in [-0.1, -0.05) is 44.5 Å². The number of Topliss-reactive ketones (excluding diaryl/α,β-unsaturated/α-hetero) is 1. The van der Waals surface area contributed by atoms with Crippen molar-refractivity contribution in [2.24, 2.45) is 11.8 Å². The van der Waals surface area contributed by atoms with Crippen LogP contribution < -0.4 is 0 Å². The second kappa shape index (κ2) is 7.42. The van der Waals surface area contributed by atoms with Gasteiger partial charge in [-0.25, -0.2) is 0 Å². The summed E-state index contributed by atoms with van der Waals surface area (Å²) in [5.74, 6) is 1.18. The maximum absolute atomic E-state index is 12.6. The molecule has 0 aliphatic carbocycles. The van der Waals surface area contributed by atoms with Gasteiger partial charge in [0, 0.05) is 17.5 Å². The molecule has 1 aromatic rings. The van der Waals surface area contributed by atoms with Crippen LogP contribution in [0.2, 0.25) is 5.02 Å². The van der Waals surface area contributed by atoms with E-state index >= 15 is 0 Å². The molecular weight excluding hydrogens is 282 g/mol. The fraction of sp³-hybridized carbons (Fsp3) is 0.611. The van der Waals surface area contributed by atoms with E-state index in [0.29, 0.717) is 5.78 Å². The number of carbonyl (C=O) groups excluding carboxylic acids is 1. The van der Waals surface area contributed by atoms with Crippen LogP contribution in [0.15, 0.2) is 24.3 Å². The monoisotopic (exact) mass is 307 g/mol. The highest BCUT2D eigenvalue weighted by atomic mass is 35.5. The fourth-order valence-corrected chi connectivity index (χ4v) is 3.09. The Bertz CT molecular complexity index is 461. The molecule has 0 amide bonds. The van der Waals surface area contributed by atoms with Gasteiger partial charge in [0.05, 0.1) is 5.92 Å². The van der Waals surface area contributed by atoms with Crippen LogP contribution in [0.4, 0.5) is 0 Å². The van der Waals surface area contributed by atoms with Crippen molar-refractivity contribution in [2.75, 3.05) is 19.6 Å². The third-order valence-corrected chi connectivity index (χ3v) is 4.75. The lowest BCUT2D eigenvalue weighted by atomic mass is 9.87. The van der Waals surface area contributed by atoms with Gasteiger partial charge in [-0.05, 0) is 49.5 Å². The van der Waals surface area contributed by atoms with E-state index in [1.54, 1.807) is 0 Å². The summed E-state index contributed by atoms with van der Waals surface area (Å²) in [5.41, 5.74) is 1.09. The van der Waals surface area contributed by atoms with E-state index in [1.807, 2.05) is 38.1 Å². The number of rotatable bonds is 5. The lowest BCUT2D eigenvalue weighted by molar-refractivity contribution is -0.123. The Labute approximate surface area is 133 Å². The molecule has 1 aliphatic rings. The van der Waals surface area contributed by atoms with E-state index in [-0.39, 0.29) is 11.8 Å². The lowest BCUT2D eigenvalue weighted by Crippen LogP contribution is -2.38. The third kappa shape index (κ3) is 4.55. The van der Waals surface area contributed by atoms with Crippen LogP contribution in [-0.2, 0) is 4.79 Å². The molecule has 3 heteroatoms. The minimum atomic E-state index is -0.0318. The molecule has 0 radical (unpaired) electrons. The zero-order chi connectivity index (χ0) is 15.4. The Balaban J connectivity index is 2.12. The fourth-order valence-electron chi connectivity index (χ4n) is 2.96. The predicted octanol–water partition coefficient (Wildman–Crippen LogP) is 4.38. The second-order valence-corrected chi connectivity index (χ2v) is 7.08. The summed E-state index contributed by atoms with van der Waals surface area (Å²) < 4.78 is 0. The molecule has 1 heterocycles. The number of halogens is 1. The quantitative estimate of drug-likeness (QED) is 0.804. The normalized spacial score (nSPS) is 18.9. The zero-order valence-corrected chi connectivity index (χ0v) is 14.1. The molecule has 1 saturated heterocycles. The van der Waals surface area contributed by atoms with Crippen LogP contribution >= 0.6 is 11.6 Å². The standard InChI is InChI=1S/C18H26ClNO/c1-13(2)18(21)17(15-4-6-16(19)7-5-15)12-20-10-8-14(3)9-11-20/h4-7,13-14,17H,8-12H2,1-3H3/t17-/m1/s1. The summed E-state index contributed by atoms with van der Waals surface area (Å²) >= 11 is 5.97. The molecule has 2 nitrogen and oxygen atoms in total. The van der Waals surface area contributed by atoms with Gasteiger partial charge in [0.25, 0.3) is 0 Å². The molecule has 1 aromatic carbocycles. The maximum atomic E-state index is 12.6. The molecule has 0 saturated carbocycles. The Morgan fingerprint density at radius 2 is 1.81 bits per heavy atom. The first-order valence-corrected chi connectivity index (χ1v) is 8.36. The van der Waals surface area contributed by atoms with Crippen molar-refractivity contribution in [1.82, 2.24) is 4.90 Å². The van der Waals surface area contributed by atoms with Crippen LogP contribution in [0.3, 0.4) is 0 Å². The van der Waals surface area contributed by atoms with Gasteiger partial charge in [-0.15, -0.1) is 0 Å². The van der Waals surface area contributed by atoms with E-state index in [9.17, 15) is 4.79 Å². The van der Waals surface area contributed by atoms with Crippen LogP contribution in [0.25, 0.3) is 0 Å². The molecule has 21 heavy (non-hydrogen) atoms. The SMILES string of the molecule is CC1CCN(C[C@@H](C(=O)C(C)C)c2ccc(Cl)cc2)CC1. The van der Waals surface area contributed by atoms with Crippen LogP contribution in [0.5, 0.6) is 0 Å². The van der Waals surface area contributed by atoms with E-state index in [4.69, 9.17) is 11.6 Å². The number of ketones is 1. The summed E-state index contributed by atoms with van der Waals surface area (Å²) in [5, 5.41) is 0.723. The number of likely N-dealkylation sites (tertiary alicyclic amines) is 1. The number of nitrogens with zero attached hydrogens (tertiary/aromatic N) is 1. The van der Waals surface area contributed by atoms with Crippen LogP contribution in [-0.4, -0.2) is 30.3 Å². The highest BCUT2D eigenvalue weighted by Crippen LogP contribution is 2.26. The minimum absolute atomic E-state index is 0.0318. The number of benzene rings is 1. The lowest BCUT2D eigenvalue weighted by Gasteiger charge is -2.33. The molecule has 0 N–H and O–H groups in total. The molecule has 0 bridgehead atoms. The first kappa shape index (κ1) is 16.5. The van der Waals surface area contributed by atoms with Crippen molar-refractivity contribution in [1.29, 1.82) is 0 Å². The summed E-state index contributed by atoms with van der Waals surface area (Å²) in [4.78, 5) is 15.1. The number of piperidine rings is 1. The van der Waals surface area contributed by atoms with Crippen LogP contribution in [0.1, 0.15) is 45.1 Å². The topological polar surface area (TPSA) is 20.3 Å². The molecule has 2 rings (SSSR count). The minimum Gasteiger partial charge on any atom is -0.302 e. The summed E-state index contributed by atoms with van der Waals surface area (Å²) in [6.07, 6.45) is 2.48. The van der Waals surface area contributed by atoms with E-state index in [1.165, 1.54) is 12.8 Å². The van der Waals surface area contributed by atoms with Gasteiger partial charge < -0.3 is 4.90 Å². The van der Waals surface area contributed by atoms with E-state index in [0.717, 1.165) is 36.1 Å². The van der Waals surface area contributed by atoms with Crippen LogP contribution in [0, 0.1) is 11.8 Å². The molecule has 0 aromatic heterocycles. The van der Waals surface area contributed by atoms with Gasteiger partial charge >= 0.3 is 0 Å². The predicted molar refractivity (Wildman–Crippen MR) is 88.9 cm³/mol. The number of hydrogen-bond acceptors (Lipinski definition) is 2. The summed E-state index contributed by atoms with van der Waals surface area (Å²) in [6, 6.07) is 7.77. The highest BCUT2D eigenvalue weighted by molar-refractivity contribution is 6.30. The zero-order valence-electron chi connectivity index (χ0n) is 13.3. The molecule has 1 aliphatic heterocycles. The summed E-state index contributed by atoms with van der Waals surface area (Å²) in [6.45, 7) is 9.35. The van der Waals surface area contributed by atoms with E-state index < -0.39 is 0 Å². The Kier molecular flexibility index (Phi) is 5.83. The van der Waals surface area contributed by atoms with Crippen molar-refractivity contribution in [3.05, 3.63) is 34.9 Å². The Hall–Kier alpha value is -0.860. The van der Waals surface area contributed by atoms with Crippen molar-refractivity contribution in [3.63, 3.8) is 0 Å². The van der Waals surface area contributed by atoms with E-state index in [2.05, 4.69) is 11.8 Å². The summed E-state index contributed by atoms with van der Waals surface area (Å²) in [7, 11) is 0. The first-order chi connectivity index (χ1) is 9.97. The highest BCUT2D eigenvalue weighted by Gasteiger charge is 2.27. The molecule has 116 valence electrons. The average molecular weight is 308 g/mol. The van der Waals surface area contributed by atoms with Crippen molar-refractivity contribution < 1.29 is 4.79 Å².